The molecule has 0 bridgehead atoms. The van der Waals surface area contributed by atoms with E-state index in [9.17, 15) is 4.79 Å². The average Bonchev–Trinajstić information content (AvgIpc) is 2.74. The second-order valence-electron chi connectivity index (χ2n) is 3.60. The van der Waals surface area contributed by atoms with Gasteiger partial charge in [-0.15, -0.1) is 0 Å². The van der Waals surface area contributed by atoms with Crippen molar-refractivity contribution >= 4 is 23.3 Å². The number of carbonyl (C=O) groups is 1. The lowest BCUT2D eigenvalue weighted by molar-refractivity contribution is 0.0271. The molecule has 5 heteroatoms. The van der Waals surface area contributed by atoms with E-state index in [-0.39, 0.29) is 11.1 Å². The zero-order valence-corrected chi connectivity index (χ0v) is 9.37. The highest BCUT2D eigenvalue weighted by molar-refractivity contribution is 6.36. The third-order valence-corrected chi connectivity index (χ3v) is 2.83. The molecule has 2 N–H and O–H groups in total. The molecule has 0 aromatic heterocycles. The minimum Gasteiger partial charge on any atom is -0.456 e. The number of benzene rings is 1. The zero-order chi connectivity index (χ0) is 11.5. The van der Waals surface area contributed by atoms with Gasteiger partial charge in [-0.2, -0.15) is 0 Å². The van der Waals surface area contributed by atoms with Gasteiger partial charge in [-0.05, 0) is 12.1 Å². The summed E-state index contributed by atoms with van der Waals surface area (Å²) in [6.07, 6.45) is 0.552. The van der Waals surface area contributed by atoms with Gasteiger partial charge in [0.05, 0.1) is 29.5 Å². The van der Waals surface area contributed by atoms with Gasteiger partial charge in [-0.1, -0.05) is 17.7 Å². The number of hydrogen-bond donors (Lipinski definition) is 1. The number of rotatable bonds is 2. The van der Waals surface area contributed by atoms with E-state index in [2.05, 4.69) is 0 Å². The van der Waals surface area contributed by atoms with Crippen LogP contribution in [-0.4, -0.2) is 25.3 Å². The van der Waals surface area contributed by atoms with Crippen molar-refractivity contribution < 1.29 is 14.3 Å². The van der Waals surface area contributed by atoms with Gasteiger partial charge in [-0.3, -0.25) is 0 Å². The number of hydrogen-bond acceptors (Lipinski definition) is 4. The van der Waals surface area contributed by atoms with Crippen LogP contribution in [0, 0.1) is 0 Å². The Labute approximate surface area is 98.3 Å². The van der Waals surface area contributed by atoms with E-state index >= 15 is 0 Å². The van der Waals surface area contributed by atoms with Crippen LogP contribution in [0.4, 0.5) is 5.69 Å². The summed E-state index contributed by atoms with van der Waals surface area (Å²) in [5.41, 5.74) is 6.28. The molecule has 0 radical (unpaired) electrons. The molecule has 1 heterocycles. The molecule has 1 aromatic carbocycles. The molecule has 0 aliphatic carbocycles. The summed E-state index contributed by atoms with van der Waals surface area (Å²) in [7, 11) is 0. The number of esters is 1. The lowest BCUT2D eigenvalue weighted by Crippen LogP contribution is -2.18. The molecule has 1 unspecified atom stereocenters. The van der Waals surface area contributed by atoms with Crippen LogP contribution in [0.2, 0.25) is 5.02 Å². The van der Waals surface area contributed by atoms with Crippen LogP contribution in [0.15, 0.2) is 18.2 Å². The summed E-state index contributed by atoms with van der Waals surface area (Å²) in [5, 5.41) is 0.242. The standard InChI is InChI=1S/C11H12ClNO3/c12-10-8(2-1-3-9(10)13)11(14)16-7-4-5-15-6-7/h1-3,7H,4-6,13H2. The molecule has 1 fully saturated rings. The second kappa shape index (κ2) is 4.72. The Morgan fingerprint density at radius 3 is 3.06 bits per heavy atom. The van der Waals surface area contributed by atoms with Gasteiger partial charge < -0.3 is 15.2 Å². The zero-order valence-electron chi connectivity index (χ0n) is 8.61. The van der Waals surface area contributed by atoms with Gasteiger partial charge in [0.15, 0.2) is 0 Å². The third-order valence-electron chi connectivity index (χ3n) is 2.41. The van der Waals surface area contributed by atoms with Crippen LogP contribution in [0.5, 0.6) is 0 Å². The first-order valence-electron chi connectivity index (χ1n) is 5.01. The molecule has 1 saturated heterocycles. The summed E-state index contributed by atoms with van der Waals surface area (Å²) in [4.78, 5) is 11.8. The van der Waals surface area contributed by atoms with Gasteiger partial charge in [-0.25, -0.2) is 4.79 Å². The lowest BCUT2D eigenvalue weighted by atomic mass is 10.2. The number of anilines is 1. The van der Waals surface area contributed by atoms with Gasteiger partial charge in [0.25, 0.3) is 0 Å². The molecule has 1 aromatic rings. The first-order valence-corrected chi connectivity index (χ1v) is 5.39. The Morgan fingerprint density at radius 2 is 2.38 bits per heavy atom. The van der Waals surface area contributed by atoms with Crippen molar-refractivity contribution in [2.75, 3.05) is 18.9 Å². The van der Waals surface area contributed by atoms with E-state index in [0.717, 1.165) is 6.42 Å². The van der Waals surface area contributed by atoms with Crippen molar-refractivity contribution in [3.05, 3.63) is 28.8 Å². The molecule has 16 heavy (non-hydrogen) atoms. The monoisotopic (exact) mass is 241 g/mol. The van der Waals surface area contributed by atoms with Gasteiger partial charge in [0.1, 0.15) is 6.10 Å². The summed E-state index contributed by atoms with van der Waals surface area (Å²) in [6.45, 7) is 1.08. The fourth-order valence-electron chi connectivity index (χ4n) is 1.53. The normalized spacial score (nSPS) is 19.7. The third kappa shape index (κ3) is 2.28. The van der Waals surface area contributed by atoms with E-state index in [4.69, 9.17) is 26.8 Å². The summed E-state index contributed by atoms with van der Waals surface area (Å²) in [6, 6.07) is 4.90. The second-order valence-corrected chi connectivity index (χ2v) is 3.98. The number of nitrogens with two attached hydrogens (primary N) is 1. The number of ether oxygens (including phenoxy) is 2. The molecule has 4 nitrogen and oxygen atoms in total. The SMILES string of the molecule is Nc1cccc(C(=O)OC2CCOC2)c1Cl. The van der Waals surface area contributed by atoms with Gasteiger partial charge in [0.2, 0.25) is 0 Å². The fourth-order valence-corrected chi connectivity index (χ4v) is 1.73. The molecular formula is C11H12ClNO3. The largest absolute Gasteiger partial charge is 0.456 e. The maximum Gasteiger partial charge on any atom is 0.340 e. The Balaban J connectivity index is 2.11. The van der Waals surface area contributed by atoms with Crippen molar-refractivity contribution in [2.24, 2.45) is 0 Å². The predicted molar refractivity (Wildman–Crippen MR) is 60.5 cm³/mol. The van der Waals surface area contributed by atoms with Crippen LogP contribution in [-0.2, 0) is 9.47 Å². The van der Waals surface area contributed by atoms with Crippen molar-refractivity contribution in [1.82, 2.24) is 0 Å². The van der Waals surface area contributed by atoms with Gasteiger partial charge in [0, 0.05) is 6.42 Å². The van der Waals surface area contributed by atoms with E-state index < -0.39 is 5.97 Å². The lowest BCUT2D eigenvalue weighted by Gasteiger charge is -2.11. The van der Waals surface area contributed by atoms with Crippen LogP contribution in [0.25, 0.3) is 0 Å². The molecule has 1 aliphatic heterocycles. The topological polar surface area (TPSA) is 61.6 Å². The summed E-state index contributed by atoms with van der Waals surface area (Å²) >= 11 is 5.92. The smallest absolute Gasteiger partial charge is 0.340 e. The molecule has 0 spiro atoms. The molecule has 0 saturated carbocycles. The maximum absolute atomic E-state index is 11.8. The van der Waals surface area contributed by atoms with E-state index in [0.29, 0.717) is 24.5 Å². The maximum atomic E-state index is 11.8. The molecule has 86 valence electrons. The van der Waals surface area contributed by atoms with E-state index in [1.54, 1.807) is 18.2 Å². The Kier molecular flexibility index (Phi) is 3.31. The first-order chi connectivity index (χ1) is 7.68. The molecule has 1 aliphatic rings. The van der Waals surface area contributed by atoms with E-state index in [1.807, 2.05) is 0 Å². The highest BCUT2D eigenvalue weighted by Gasteiger charge is 2.22. The van der Waals surface area contributed by atoms with Crippen LogP contribution in [0.3, 0.4) is 0 Å². The average molecular weight is 242 g/mol. The fraction of sp³-hybridized carbons (Fsp3) is 0.364. The van der Waals surface area contributed by atoms with Gasteiger partial charge >= 0.3 is 5.97 Å². The minimum absolute atomic E-state index is 0.176. The van der Waals surface area contributed by atoms with Crippen molar-refractivity contribution in [1.29, 1.82) is 0 Å². The van der Waals surface area contributed by atoms with E-state index in [1.165, 1.54) is 0 Å². The Morgan fingerprint density at radius 1 is 1.56 bits per heavy atom. The Bertz CT molecular complexity index is 402. The van der Waals surface area contributed by atoms with Crippen LogP contribution < -0.4 is 5.73 Å². The molecule has 1 atom stereocenters. The highest BCUT2D eigenvalue weighted by atomic mass is 35.5. The molecular weight excluding hydrogens is 230 g/mol. The quantitative estimate of drug-likeness (QED) is 0.634. The summed E-state index contributed by atoms with van der Waals surface area (Å²) < 4.78 is 10.3. The number of halogens is 1. The number of nitrogen functional groups attached to an aromatic ring is 1. The van der Waals surface area contributed by atoms with Crippen molar-refractivity contribution in [3.8, 4) is 0 Å². The summed E-state index contributed by atoms with van der Waals surface area (Å²) in [5.74, 6) is -0.451. The highest BCUT2D eigenvalue weighted by Crippen LogP contribution is 2.24. The van der Waals surface area contributed by atoms with Crippen molar-refractivity contribution in [2.45, 2.75) is 12.5 Å². The molecule has 2 rings (SSSR count). The predicted octanol–water partition coefficient (Wildman–Crippen LogP) is 1.87. The van der Waals surface area contributed by atoms with Crippen molar-refractivity contribution in [3.63, 3.8) is 0 Å². The molecule has 0 amide bonds. The van der Waals surface area contributed by atoms with Crippen LogP contribution >= 0.6 is 11.6 Å². The Hall–Kier alpha value is -1.26. The van der Waals surface area contributed by atoms with Crippen LogP contribution in [0.1, 0.15) is 16.8 Å². The number of carbonyl (C=O) groups excluding carboxylic acids is 1. The minimum atomic E-state index is -0.451. The first kappa shape index (κ1) is 11.2.